The minimum Gasteiger partial charge on any atom is -0.368 e. The molecule has 1 saturated heterocycles. The van der Waals surface area contributed by atoms with Gasteiger partial charge in [-0.15, -0.1) is 11.3 Å². The smallest absolute Gasteiger partial charge is 0.270 e. The molecule has 1 aliphatic heterocycles. The van der Waals surface area contributed by atoms with Gasteiger partial charge in [-0.25, -0.2) is 9.37 Å². The number of halogens is 1. The van der Waals surface area contributed by atoms with Crippen LogP contribution in [-0.4, -0.2) is 57.4 Å². The molecule has 6 nitrogen and oxygen atoms in total. The molecule has 2 aliphatic rings. The van der Waals surface area contributed by atoms with Crippen LogP contribution in [0.4, 0.5) is 4.39 Å². The van der Waals surface area contributed by atoms with Crippen LogP contribution in [-0.2, 0) is 11.2 Å². The van der Waals surface area contributed by atoms with Gasteiger partial charge in [-0.3, -0.25) is 9.59 Å². The Morgan fingerprint density at radius 1 is 1.18 bits per heavy atom. The molecule has 0 radical (unpaired) electrons. The van der Waals surface area contributed by atoms with Crippen molar-refractivity contribution in [2.45, 2.75) is 44.1 Å². The predicted octanol–water partition coefficient (Wildman–Crippen LogP) is 3.73. The van der Waals surface area contributed by atoms with Crippen molar-refractivity contribution in [2.75, 3.05) is 25.4 Å². The van der Waals surface area contributed by atoms with Crippen molar-refractivity contribution in [3.05, 3.63) is 51.7 Å². The third-order valence-corrected chi connectivity index (χ3v) is 8.01. The van der Waals surface area contributed by atoms with Gasteiger partial charge in [-0.1, -0.05) is 36.1 Å². The number of amides is 2. The molecule has 2 fully saturated rings. The maximum absolute atomic E-state index is 13.0. The zero-order valence-corrected chi connectivity index (χ0v) is 20.7. The molecule has 33 heavy (non-hydrogen) atoms. The summed E-state index contributed by atoms with van der Waals surface area (Å²) < 4.78 is 13.8. The molecule has 1 aromatic heterocycles. The van der Waals surface area contributed by atoms with Crippen LogP contribution in [0.5, 0.6) is 0 Å². The van der Waals surface area contributed by atoms with Crippen LogP contribution < -0.4 is 10.6 Å². The fourth-order valence-corrected chi connectivity index (χ4v) is 5.71. The molecule has 4 rings (SSSR count). The number of carbonyl (C=O) groups excluding carboxylic acids is 2. The SMILES string of the molecule is O=C(NCCSC(=S)NC1CC1)c1csc(C2CCN(C(=O)Cc3ccc(F)cc3)CC2)n1. The summed E-state index contributed by atoms with van der Waals surface area (Å²) in [5, 5.41) is 8.94. The molecule has 0 spiro atoms. The quantitative estimate of drug-likeness (QED) is 0.420. The first-order valence-electron chi connectivity index (χ1n) is 11.2. The highest BCUT2D eigenvalue weighted by Crippen LogP contribution is 2.30. The first-order valence-corrected chi connectivity index (χ1v) is 13.4. The average molecular weight is 507 g/mol. The Kier molecular flexibility index (Phi) is 8.32. The second-order valence-corrected chi connectivity index (χ2v) is 11.0. The number of nitrogens with one attached hydrogen (secondary N) is 2. The van der Waals surface area contributed by atoms with Gasteiger partial charge in [-0.2, -0.15) is 0 Å². The maximum Gasteiger partial charge on any atom is 0.270 e. The number of rotatable bonds is 8. The number of likely N-dealkylation sites (tertiary alicyclic amines) is 1. The molecule has 0 bridgehead atoms. The number of thiazole rings is 1. The molecule has 1 aromatic carbocycles. The zero-order valence-electron chi connectivity index (χ0n) is 18.2. The molecule has 1 aliphatic carbocycles. The molecule has 2 amide bonds. The van der Waals surface area contributed by atoms with Gasteiger partial charge in [-0.05, 0) is 43.4 Å². The third-order valence-electron chi connectivity index (χ3n) is 5.74. The van der Waals surface area contributed by atoms with Crippen molar-refractivity contribution < 1.29 is 14.0 Å². The van der Waals surface area contributed by atoms with Gasteiger partial charge < -0.3 is 15.5 Å². The van der Waals surface area contributed by atoms with Crippen LogP contribution in [0.3, 0.4) is 0 Å². The van der Waals surface area contributed by atoms with Crippen molar-refractivity contribution in [3.63, 3.8) is 0 Å². The van der Waals surface area contributed by atoms with E-state index < -0.39 is 0 Å². The summed E-state index contributed by atoms with van der Waals surface area (Å²) in [6, 6.07) is 6.61. The highest BCUT2D eigenvalue weighted by Gasteiger charge is 2.26. The van der Waals surface area contributed by atoms with Gasteiger partial charge in [0.15, 0.2) is 0 Å². The van der Waals surface area contributed by atoms with E-state index in [1.807, 2.05) is 10.3 Å². The van der Waals surface area contributed by atoms with E-state index in [0.29, 0.717) is 31.4 Å². The van der Waals surface area contributed by atoms with Crippen molar-refractivity contribution >= 4 is 51.5 Å². The number of aromatic nitrogens is 1. The summed E-state index contributed by atoms with van der Waals surface area (Å²) in [4.78, 5) is 31.4. The van der Waals surface area contributed by atoms with E-state index in [-0.39, 0.29) is 30.0 Å². The second-order valence-electron chi connectivity index (χ2n) is 8.34. The van der Waals surface area contributed by atoms with Crippen molar-refractivity contribution in [1.82, 2.24) is 20.5 Å². The van der Waals surface area contributed by atoms with Crippen LogP contribution in [0, 0.1) is 5.82 Å². The van der Waals surface area contributed by atoms with E-state index in [9.17, 15) is 14.0 Å². The fourth-order valence-electron chi connectivity index (χ4n) is 3.68. The Hall–Kier alpha value is -2.04. The summed E-state index contributed by atoms with van der Waals surface area (Å²) >= 11 is 8.33. The van der Waals surface area contributed by atoms with Crippen LogP contribution in [0.15, 0.2) is 29.6 Å². The van der Waals surface area contributed by atoms with Crippen molar-refractivity contribution in [1.29, 1.82) is 0 Å². The van der Waals surface area contributed by atoms with Gasteiger partial charge >= 0.3 is 0 Å². The lowest BCUT2D eigenvalue weighted by Crippen LogP contribution is -2.38. The predicted molar refractivity (Wildman–Crippen MR) is 134 cm³/mol. The highest BCUT2D eigenvalue weighted by atomic mass is 32.2. The van der Waals surface area contributed by atoms with E-state index in [1.54, 1.807) is 23.9 Å². The molecule has 2 heterocycles. The molecule has 2 aromatic rings. The minimum absolute atomic E-state index is 0.0592. The van der Waals surface area contributed by atoms with Crippen molar-refractivity contribution in [2.24, 2.45) is 0 Å². The Morgan fingerprint density at radius 3 is 2.61 bits per heavy atom. The number of carbonyl (C=O) groups is 2. The normalized spacial score (nSPS) is 16.5. The number of thioether (sulfide) groups is 1. The number of thiocarbonyl (C=S) groups is 1. The largest absolute Gasteiger partial charge is 0.368 e. The number of hydrogen-bond donors (Lipinski definition) is 2. The fraction of sp³-hybridized carbons (Fsp3) is 0.478. The Labute approximate surface area is 206 Å². The number of benzene rings is 1. The second kappa shape index (κ2) is 11.4. The van der Waals surface area contributed by atoms with Gasteiger partial charge in [0.25, 0.3) is 5.91 Å². The molecular formula is C23H27FN4O2S3. The summed E-state index contributed by atoms with van der Waals surface area (Å²) in [6.45, 7) is 1.87. The Bertz CT molecular complexity index is 986. The molecule has 0 atom stereocenters. The number of nitrogens with zero attached hydrogens (tertiary/aromatic N) is 2. The third kappa shape index (κ3) is 7.22. The molecule has 10 heteroatoms. The first kappa shape index (κ1) is 24.1. The summed E-state index contributed by atoms with van der Waals surface area (Å²) in [5.74, 6) is 0.585. The minimum atomic E-state index is -0.298. The summed E-state index contributed by atoms with van der Waals surface area (Å²) in [7, 11) is 0. The Morgan fingerprint density at radius 2 is 1.91 bits per heavy atom. The number of piperidine rings is 1. The van der Waals surface area contributed by atoms with Crippen LogP contribution in [0.1, 0.15) is 52.7 Å². The molecule has 2 N–H and O–H groups in total. The van der Waals surface area contributed by atoms with Crippen LogP contribution >= 0.6 is 35.3 Å². The van der Waals surface area contributed by atoms with E-state index >= 15 is 0 Å². The maximum atomic E-state index is 13.0. The summed E-state index contributed by atoms with van der Waals surface area (Å²) in [6.07, 6.45) is 4.31. The van der Waals surface area contributed by atoms with Crippen LogP contribution in [0.2, 0.25) is 0 Å². The van der Waals surface area contributed by atoms with E-state index in [2.05, 4.69) is 15.6 Å². The van der Waals surface area contributed by atoms with Gasteiger partial charge in [0.1, 0.15) is 15.8 Å². The molecule has 0 unspecified atom stereocenters. The van der Waals surface area contributed by atoms with E-state index in [0.717, 1.165) is 33.5 Å². The first-order chi connectivity index (χ1) is 16.0. The molecular weight excluding hydrogens is 479 g/mol. The Balaban J connectivity index is 1.18. The number of hydrogen-bond acceptors (Lipinski definition) is 6. The van der Waals surface area contributed by atoms with Gasteiger partial charge in [0.2, 0.25) is 5.91 Å². The summed E-state index contributed by atoms with van der Waals surface area (Å²) in [5.41, 5.74) is 1.27. The topological polar surface area (TPSA) is 74.3 Å². The van der Waals surface area contributed by atoms with E-state index in [1.165, 1.54) is 36.3 Å². The highest BCUT2D eigenvalue weighted by molar-refractivity contribution is 8.22. The molecule has 176 valence electrons. The van der Waals surface area contributed by atoms with Gasteiger partial charge in [0, 0.05) is 42.7 Å². The molecule has 1 saturated carbocycles. The standard InChI is InChI=1S/C23H27FN4O2S3/c24-17-3-1-15(2-4-17)13-20(29)28-10-7-16(8-11-28)22-27-19(14-33-22)21(30)25-9-12-32-23(31)26-18-5-6-18/h1-4,14,16,18H,5-13H2,(H,25,30)(H,26,31). The van der Waals surface area contributed by atoms with E-state index in [4.69, 9.17) is 12.2 Å². The van der Waals surface area contributed by atoms with Crippen molar-refractivity contribution in [3.8, 4) is 0 Å². The average Bonchev–Trinajstić information content (AvgIpc) is 3.49. The lowest BCUT2D eigenvalue weighted by atomic mass is 9.97. The zero-order chi connectivity index (χ0) is 23.2. The van der Waals surface area contributed by atoms with Crippen LogP contribution in [0.25, 0.3) is 0 Å². The lowest BCUT2D eigenvalue weighted by Gasteiger charge is -2.31. The lowest BCUT2D eigenvalue weighted by molar-refractivity contribution is -0.131. The van der Waals surface area contributed by atoms with Gasteiger partial charge in [0.05, 0.1) is 11.4 Å². The monoisotopic (exact) mass is 506 g/mol.